The molecule has 16 heavy (non-hydrogen) atoms. The smallest absolute Gasteiger partial charge is 0.142 e. The highest BCUT2D eigenvalue weighted by Crippen LogP contribution is 2.17. The summed E-state index contributed by atoms with van der Waals surface area (Å²) in [6, 6.07) is 0.386. The van der Waals surface area contributed by atoms with Crippen molar-refractivity contribution < 1.29 is 4.74 Å². The third-order valence-electron chi connectivity index (χ3n) is 2.35. The fraction of sp³-hybridized carbons (Fsp3) is 0.571. The van der Waals surface area contributed by atoms with Gasteiger partial charge in [-0.05, 0) is 25.0 Å². The SMILES string of the molecule is C=CC1=C(/C=C\C)OC[C@H](C(C)C)N1.CC. The molecule has 0 spiro atoms. The molecule has 0 saturated carbocycles. The number of nitrogens with one attached hydrogen (secondary N) is 1. The molecule has 0 saturated heterocycles. The Morgan fingerprint density at radius 1 is 1.44 bits per heavy atom. The second kappa shape index (κ2) is 8.03. The van der Waals surface area contributed by atoms with Gasteiger partial charge in [-0.3, -0.25) is 0 Å². The van der Waals surface area contributed by atoms with Gasteiger partial charge in [0.25, 0.3) is 0 Å². The van der Waals surface area contributed by atoms with Crippen LogP contribution in [0.4, 0.5) is 0 Å². The Bertz CT molecular complexity index is 264. The minimum absolute atomic E-state index is 0.386. The molecule has 0 radical (unpaired) electrons. The first kappa shape index (κ1) is 14.8. The van der Waals surface area contributed by atoms with Crippen LogP contribution in [0.2, 0.25) is 0 Å². The molecule has 1 atom stereocenters. The third-order valence-corrected chi connectivity index (χ3v) is 2.35. The van der Waals surface area contributed by atoms with Gasteiger partial charge in [0.15, 0.2) is 0 Å². The Morgan fingerprint density at radius 2 is 2.06 bits per heavy atom. The molecular weight excluding hydrogens is 198 g/mol. The van der Waals surface area contributed by atoms with Crippen molar-refractivity contribution in [1.82, 2.24) is 5.32 Å². The number of rotatable bonds is 3. The lowest BCUT2D eigenvalue weighted by atomic mass is 10.0. The molecule has 2 heteroatoms. The van der Waals surface area contributed by atoms with Gasteiger partial charge in [0, 0.05) is 0 Å². The highest BCUT2D eigenvalue weighted by Gasteiger charge is 2.20. The van der Waals surface area contributed by atoms with Crippen molar-refractivity contribution in [2.75, 3.05) is 6.61 Å². The molecule has 0 fully saturated rings. The van der Waals surface area contributed by atoms with E-state index in [1.807, 2.05) is 39.0 Å². The van der Waals surface area contributed by atoms with E-state index in [0.29, 0.717) is 12.0 Å². The fourth-order valence-corrected chi connectivity index (χ4v) is 1.38. The van der Waals surface area contributed by atoms with Crippen LogP contribution in [0.25, 0.3) is 0 Å². The topological polar surface area (TPSA) is 21.3 Å². The number of hydrogen-bond donors (Lipinski definition) is 1. The Labute approximate surface area is 100 Å². The lowest BCUT2D eigenvalue weighted by molar-refractivity contribution is 0.148. The highest BCUT2D eigenvalue weighted by atomic mass is 16.5. The molecule has 0 aliphatic carbocycles. The zero-order chi connectivity index (χ0) is 12.6. The van der Waals surface area contributed by atoms with E-state index in [1.165, 1.54) is 0 Å². The molecule has 0 aromatic rings. The van der Waals surface area contributed by atoms with Gasteiger partial charge in [-0.2, -0.15) is 0 Å². The lowest BCUT2D eigenvalue weighted by Crippen LogP contribution is -2.40. The quantitative estimate of drug-likeness (QED) is 0.789. The first-order valence-electron chi connectivity index (χ1n) is 6.07. The third kappa shape index (κ3) is 4.13. The summed E-state index contributed by atoms with van der Waals surface area (Å²) >= 11 is 0. The zero-order valence-electron chi connectivity index (χ0n) is 11.2. The molecule has 0 aromatic heterocycles. The summed E-state index contributed by atoms with van der Waals surface area (Å²) in [5, 5.41) is 3.42. The Balaban J connectivity index is 0.00000106. The van der Waals surface area contributed by atoms with Gasteiger partial charge in [0.2, 0.25) is 0 Å². The van der Waals surface area contributed by atoms with E-state index < -0.39 is 0 Å². The number of hydrogen-bond acceptors (Lipinski definition) is 2. The summed E-state index contributed by atoms with van der Waals surface area (Å²) in [5.74, 6) is 1.46. The van der Waals surface area contributed by atoms with Crippen LogP contribution in [0.15, 0.2) is 36.3 Å². The van der Waals surface area contributed by atoms with E-state index in [1.54, 1.807) is 0 Å². The molecule has 1 aliphatic rings. The molecule has 1 rings (SSSR count). The van der Waals surface area contributed by atoms with Crippen LogP contribution in [-0.4, -0.2) is 12.6 Å². The van der Waals surface area contributed by atoms with E-state index in [4.69, 9.17) is 4.74 Å². The molecular formula is C14H25NO. The minimum atomic E-state index is 0.386. The normalized spacial score (nSPS) is 20.0. The van der Waals surface area contributed by atoms with Gasteiger partial charge < -0.3 is 10.1 Å². The standard InChI is InChI=1S/C12H19NO.C2H6/c1-5-7-12-10(6-2)13-11(8-14-12)9(3)4;1-2/h5-7,9,11,13H,2,8H2,1,3-4H3;1-2H3/b7-5-;/t11-;/m1./s1. The summed E-state index contributed by atoms with van der Waals surface area (Å²) in [5.41, 5.74) is 0.994. The van der Waals surface area contributed by atoms with Gasteiger partial charge >= 0.3 is 0 Å². The van der Waals surface area contributed by atoms with Gasteiger partial charge in [-0.15, -0.1) is 0 Å². The Morgan fingerprint density at radius 3 is 2.50 bits per heavy atom. The molecule has 0 amide bonds. The van der Waals surface area contributed by atoms with E-state index in [2.05, 4.69) is 25.7 Å². The number of ether oxygens (including phenoxy) is 1. The van der Waals surface area contributed by atoms with Crippen molar-refractivity contribution >= 4 is 0 Å². The summed E-state index contributed by atoms with van der Waals surface area (Å²) in [6.45, 7) is 14.9. The summed E-state index contributed by atoms with van der Waals surface area (Å²) in [7, 11) is 0. The maximum Gasteiger partial charge on any atom is 0.142 e. The van der Waals surface area contributed by atoms with Gasteiger partial charge in [0.05, 0.1) is 11.7 Å². The molecule has 0 aromatic carbocycles. The maximum atomic E-state index is 5.65. The monoisotopic (exact) mass is 223 g/mol. The molecule has 0 bridgehead atoms. The summed E-state index contributed by atoms with van der Waals surface area (Å²) in [4.78, 5) is 0. The highest BCUT2D eigenvalue weighted by molar-refractivity contribution is 5.28. The first-order chi connectivity index (χ1) is 7.69. The van der Waals surface area contributed by atoms with Crippen molar-refractivity contribution in [3.05, 3.63) is 36.3 Å². The zero-order valence-corrected chi connectivity index (χ0v) is 11.2. The van der Waals surface area contributed by atoms with Crippen LogP contribution in [0, 0.1) is 5.92 Å². The molecule has 0 unspecified atom stereocenters. The van der Waals surface area contributed by atoms with Crippen molar-refractivity contribution in [2.24, 2.45) is 5.92 Å². The van der Waals surface area contributed by atoms with Gasteiger partial charge in [-0.1, -0.05) is 40.3 Å². The minimum Gasteiger partial charge on any atom is -0.489 e. The first-order valence-corrected chi connectivity index (χ1v) is 6.07. The van der Waals surface area contributed by atoms with Crippen LogP contribution in [-0.2, 0) is 4.74 Å². The van der Waals surface area contributed by atoms with Crippen molar-refractivity contribution in [2.45, 2.75) is 40.7 Å². The maximum absolute atomic E-state index is 5.65. The van der Waals surface area contributed by atoms with Gasteiger partial charge in [-0.25, -0.2) is 0 Å². The van der Waals surface area contributed by atoms with Crippen LogP contribution in [0.5, 0.6) is 0 Å². The van der Waals surface area contributed by atoms with Crippen molar-refractivity contribution in [1.29, 1.82) is 0 Å². The van der Waals surface area contributed by atoms with Crippen LogP contribution in [0.1, 0.15) is 34.6 Å². The molecule has 2 nitrogen and oxygen atoms in total. The average molecular weight is 223 g/mol. The van der Waals surface area contributed by atoms with Crippen LogP contribution in [0.3, 0.4) is 0 Å². The summed E-state index contributed by atoms with van der Waals surface area (Å²) < 4.78 is 5.65. The van der Waals surface area contributed by atoms with E-state index in [-0.39, 0.29) is 0 Å². The lowest BCUT2D eigenvalue weighted by Gasteiger charge is -2.30. The predicted octanol–water partition coefficient (Wildman–Crippen LogP) is 3.63. The predicted molar refractivity (Wildman–Crippen MR) is 71.1 cm³/mol. The van der Waals surface area contributed by atoms with Gasteiger partial charge in [0.1, 0.15) is 12.4 Å². The summed E-state index contributed by atoms with van der Waals surface area (Å²) in [6.07, 6.45) is 5.74. The molecule has 92 valence electrons. The van der Waals surface area contributed by atoms with Crippen LogP contribution >= 0.6 is 0 Å². The van der Waals surface area contributed by atoms with Crippen LogP contribution < -0.4 is 5.32 Å². The molecule has 1 heterocycles. The Hall–Kier alpha value is -1.18. The second-order valence-electron chi connectivity index (χ2n) is 3.79. The van der Waals surface area contributed by atoms with E-state index >= 15 is 0 Å². The fourth-order valence-electron chi connectivity index (χ4n) is 1.38. The molecule has 1 N–H and O–H groups in total. The average Bonchev–Trinajstić information content (AvgIpc) is 2.32. The van der Waals surface area contributed by atoms with E-state index in [9.17, 15) is 0 Å². The largest absolute Gasteiger partial charge is 0.489 e. The number of allylic oxidation sites excluding steroid dienone is 3. The van der Waals surface area contributed by atoms with Crippen molar-refractivity contribution in [3.63, 3.8) is 0 Å². The second-order valence-corrected chi connectivity index (χ2v) is 3.79. The molecule has 1 aliphatic heterocycles. The van der Waals surface area contributed by atoms with E-state index in [0.717, 1.165) is 18.1 Å². The van der Waals surface area contributed by atoms with Crippen molar-refractivity contribution in [3.8, 4) is 0 Å². The Kier molecular flexibility index (Phi) is 7.44.